The van der Waals surface area contributed by atoms with Crippen molar-refractivity contribution in [2.24, 2.45) is 34.5 Å². The molecule has 0 aromatic carbocycles. The van der Waals surface area contributed by atoms with Gasteiger partial charge in [0.25, 0.3) is 0 Å². The van der Waals surface area contributed by atoms with Crippen molar-refractivity contribution in [2.75, 3.05) is 12.0 Å². The Morgan fingerprint density at radius 2 is 1.81 bits per heavy atom. The molecule has 1 amide bonds. The Hall–Kier alpha value is -1.57. The van der Waals surface area contributed by atoms with E-state index in [9.17, 15) is 24.3 Å². The van der Waals surface area contributed by atoms with E-state index in [0.717, 1.165) is 51.4 Å². The molecule has 4 aliphatic rings. The number of hydrogen-bond acceptors (Lipinski definition) is 6. The first-order valence-corrected chi connectivity index (χ1v) is 15.2. The van der Waals surface area contributed by atoms with Crippen LogP contribution in [0.4, 0.5) is 0 Å². The fourth-order valence-corrected chi connectivity index (χ4v) is 8.86. The highest BCUT2D eigenvalue weighted by Crippen LogP contribution is 2.66. The molecule has 0 aliphatic heterocycles. The van der Waals surface area contributed by atoms with Gasteiger partial charge in [-0.05, 0) is 92.5 Å². The predicted octanol–water partition coefficient (Wildman–Crippen LogP) is 4.61. The highest BCUT2D eigenvalue weighted by Gasteiger charge is 2.61. The minimum Gasteiger partial charge on any atom is -0.480 e. The Kier molecular flexibility index (Phi) is 8.42. The van der Waals surface area contributed by atoms with Crippen molar-refractivity contribution in [3.8, 4) is 0 Å². The number of aliphatic carboxylic acids is 1. The molecule has 7 nitrogen and oxygen atoms in total. The van der Waals surface area contributed by atoms with E-state index in [1.54, 1.807) is 0 Å². The van der Waals surface area contributed by atoms with E-state index in [2.05, 4.69) is 19.2 Å². The summed E-state index contributed by atoms with van der Waals surface area (Å²) in [6.07, 6.45) is 11.0. The zero-order chi connectivity index (χ0) is 26.1. The molecule has 0 bridgehead atoms. The number of amides is 1. The molecule has 5 unspecified atom stereocenters. The molecule has 0 spiro atoms. The molecule has 4 aliphatic carbocycles. The van der Waals surface area contributed by atoms with Crippen LogP contribution in [0.25, 0.3) is 0 Å². The molecule has 202 valence electrons. The van der Waals surface area contributed by atoms with E-state index in [-0.39, 0.29) is 35.7 Å². The highest BCUT2D eigenvalue weighted by atomic mass is 32.2. The first-order chi connectivity index (χ1) is 17.1. The van der Waals surface area contributed by atoms with Crippen LogP contribution in [0.5, 0.6) is 0 Å². The van der Waals surface area contributed by atoms with Gasteiger partial charge in [0.2, 0.25) is 5.91 Å². The van der Waals surface area contributed by atoms with Crippen molar-refractivity contribution in [1.82, 2.24) is 5.32 Å². The standard InChI is InChI=1S/C28H43NO6S/c1-27-13-10-18(30)16-17(27)4-5-19-20-6-7-23(28(20,2)14-11-21(19)27)35-25(32)9-8-24(31)29-22(26(33)34)12-15-36-3/h17,19-23H,4-16H2,1-3H3,(H,29,31)(H,33,34)/t17-,19?,20?,21?,22?,23?,27-,28-/m0/s1. The number of carbonyl (C=O) groups is 4. The number of rotatable bonds is 9. The Morgan fingerprint density at radius 3 is 2.53 bits per heavy atom. The number of carboxylic acid groups (broad SMARTS) is 1. The quantitative estimate of drug-likeness (QED) is 0.426. The van der Waals surface area contributed by atoms with Gasteiger partial charge in [0.1, 0.15) is 17.9 Å². The Morgan fingerprint density at radius 1 is 1.06 bits per heavy atom. The van der Waals surface area contributed by atoms with E-state index < -0.39 is 17.9 Å². The van der Waals surface area contributed by atoms with Gasteiger partial charge in [-0.1, -0.05) is 13.8 Å². The maximum Gasteiger partial charge on any atom is 0.326 e. The van der Waals surface area contributed by atoms with Crippen molar-refractivity contribution < 1.29 is 29.0 Å². The number of hydrogen-bond donors (Lipinski definition) is 2. The summed E-state index contributed by atoms with van der Waals surface area (Å²) in [5.74, 6) is 1.62. The van der Waals surface area contributed by atoms with Crippen LogP contribution in [-0.4, -0.2) is 52.9 Å². The Balaban J connectivity index is 1.31. The lowest BCUT2D eigenvalue weighted by atomic mass is 9.45. The smallest absolute Gasteiger partial charge is 0.326 e. The van der Waals surface area contributed by atoms with Crippen LogP contribution >= 0.6 is 11.8 Å². The van der Waals surface area contributed by atoms with Gasteiger partial charge in [-0.15, -0.1) is 0 Å². The predicted molar refractivity (Wildman–Crippen MR) is 138 cm³/mol. The SMILES string of the molecule is CSCCC(NC(=O)CCC(=O)OC1CCC2C3CC[C@H]4CC(=O)CC[C@]4(C)C3CC[C@]12C)C(=O)O. The van der Waals surface area contributed by atoms with E-state index in [4.69, 9.17) is 4.74 Å². The van der Waals surface area contributed by atoms with Crippen molar-refractivity contribution in [2.45, 2.75) is 103 Å². The molecule has 0 aromatic heterocycles. The largest absolute Gasteiger partial charge is 0.480 e. The minimum atomic E-state index is -1.05. The normalized spacial score (nSPS) is 38.3. The number of fused-ring (bicyclic) bond motifs is 5. The molecule has 0 heterocycles. The fourth-order valence-electron chi connectivity index (χ4n) is 8.38. The summed E-state index contributed by atoms with van der Waals surface area (Å²) in [5.41, 5.74) is 0.239. The second-order valence-corrected chi connectivity index (χ2v) is 13.2. The molecule has 4 fully saturated rings. The minimum absolute atomic E-state index is 0.0288. The van der Waals surface area contributed by atoms with E-state index >= 15 is 0 Å². The number of ketones is 1. The molecule has 0 saturated heterocycles. The zero-order valence-electron chi connectivity index (χ0n) is 22.1. The maximum absolute atomic E-state index is 12.7. The van der Waals surface area contributed by atoms with E-state index in [0.29, 0.717) is 41.6 Å². The summed E-state index contributed by atoms with van der Waals surface area (Å²) in [5, 5.41) is 11.8. The van der Waals surface area contributed by atoms with Crippen LogP contribution in [0.15, 0.2) is 0 Å². The first kappa shape index (κ1) is 27.5. The van der Waals surface area contributed by atoms with Crippen molar-refractivity contribution in [3.05, 3.63) is 0 Å². The zero-order valence-corrected chi connectivity index (χ0v) is 22.9. The van der Waals surface area contributed by atoms with Crippen LogP contribution < -0.4 is 5.32 Å². The van der Waals surface area contributed by atoms with Gasteiger partial charge in [0.05, 0.1) is 6.42 Å². The van der Waals surface area contributed by atoms with Crippen LogP contribution in [-0.2, 0) is 23.9 Å². The Bertz CT molecular complexity index is 878. The number of carbonyl (C=O) groups excluding carboxylic acids is 3. The van der Waals surface area contributed by atoms with Crippen LogP contribution in [0.3, 0.4) is 0 Å². The van der Waals surface area contributed by atoms with Crippen LogP contribution in [0.2, 0.25) is 0 Å². The molecule has 0 aromatic rings. The third-order valence-electron chi connectivity index (χ3n) is 10.5. The number of esters is 1. The lowest BCUT2D eigenvalue weighted by Gasteiger charge is -2.60. The van der Waals surface area contributed by atoms with Crippen molar-refractivity contribution >= 4 is 35.4 Å². The van der Waals surface area contributed by atoms with E-state index in [1.165, 1.54) is 18.2 Å². The van der Waals surface area contributed by atoms with Crippen molar-refractivity contribution in [1.29, 1.82) is 0 Å². The summed E-state index contributed by atoms with van der Waals surface area (Å²) < 4.78 is 5.99. The average molecular weight is 522 g/mol. The van der Waals surface area contributed by atoms with Gasteiger partial charge in [0, 0.05) is 24.7 Å². The summed E-state index contributed by atoms with van der Waals surface area (Å²) in [7, 11) is 0. The molecule has 2 N–H and O–H groups in total. The first-order valence-electron chi connectivity index (χ1n) is 13.8. The average Bonchev–Trinajstić information content (AvgIpc) is 3.16. The monoisotopic (exact) mass is 521 g/mol. The Labute approximate surface area is 219 Å². The second-order valence-electron chi connectivity index (χ2n) is 12.2. The second kappa shape index (κ2) is 11.0. The van der Waals surface area contributed by atoms with Gasteiger partial charge in [-0.2, -0.15) is 11.8 Å². The number of Topliss-reactive ketones (excluding diaryl/α,β-unsaturated/α-hetero) is 1. The van der Waals surface area contributed by atoms with Crippen LogP contribution in [0, 0.1) is 34.5 Å². The molecular formula is C28H43NO6S. The maximum atomic E-state index is 12.7. The van der Waals surface area contributed by atoms with E-state index in [1.807, 2.05) is 6.26 Å². The summed E-state index contributed by atoms with van der Waals surface area (Å²) in [4.78, 5) is 48.5. The molecule has 36 heavy (non-hydrogen) atoms. The fraction of sp³-hybridized carbons (Fsp3) is 0.857. The van der Waals surface area contributed by atoms with Gasteiger partial charge in [-0.25, -0.2) is 4.79 Å². The number of carboxylic acids is 1. The van der Waals surface area contributed by atoms with Crippen molar-refractivity contribution in [3.63, 3.8) is 0 Å². The third-order valence-corrected chi connectivity index (χ3v) is 11.1. The molecule has 4 saturated carbocycles. The van der Waals surface area contributed by atoms with Gasteiger partial charge < -0.3 is 15.2 Å². The van der Waals surface area contributed by atoms with Gasteiger partial charge in [0.15, 0.2) is 0 Å². The number of nitrogens with one attached hydrogen (secondary N) is 1. The molecule has 0 radical (unpaired) electrons. The lowest BCUT2D eigenvalue weighted by Crippen LogP contribution is -2.54. The molecule has 4 rings (SSSR count). The molecule has 8 atom stereocenters. The van der Waals surface area contributed by atoms with Crippen LogP contribution in [0.1, 0.15) is 90.9 Å². The summed E-state index contributed by atoms with van der Waals surface area (Å²) in [6.45, 7) is 4.74. The molecule has 8 heteroatoms. The highest BCUT2D eigenvalue weighted by molar-refractivity contribution is 7.98. The van der Waals surface area contributed by atoms with Gasteiger partial charge >= 0.3 is 11.9 Å². The number of ether oxygens (including phenoxy) is 1. The lowest BCUT2D eigenvalue weighted by molar-refractivity contribution is -0.164. The summed E-state index contributed by atoms with van der Waals surface area (Å²) >= 11 is 1.53. The van der Waals surface area contributed by atoms with Gasteiger partial charge in [-0.3, -0.25) is 14.4 Å². The number of thioether (sulfide) groups is 1. The topological polar surface area (TPSA) is 110 Å². The summed E-state index contributed by atoms with van der Waals surface area (Å²) in [6, 6.07) is -0.926. The third kappa shape index (κ3) is 5.34. The molecular weight excluding hydrogens is 478 g/mol.